The van der Waals surface area contributed by atoms with Gasteiger partial charge >= 0.3 is 6.18 Å². The molecule has 0 saturated carbocycles. The van der Waals surface area contributed by atoms with Crippen molar-refractivity contribution in [2.45, 2.75) is 12.7 Å². The maximum Gasteiger partial charge on any atom is 0.433 e. The number of alkyl halides is 3. The summed E-state index contributed by atoms with van der Waals surface area (Å²) in [5, 5.41) is 6.44. The highest BCUT2D eigenvalue weighted by atomic mass is 19.4. The van der Waals surface area contributed by atoms with E-state index in [9.17, 15) is 18.0 Å². The Morgan fingerprint density at radius 1 is 1.16 bits per heavy atom. The molecule has 0 spiro atoms. The minimum Gasteiger partial charge on any atom is -0.497 e. The number of aromatic nitrogens is 4. The van der Waals surface area contributed by atoms with Crippen molar-refractivity contribution in [1.82, 2.24) is 24.9 Å². The Bertz CT molecular complexity index is 1240. The average molecular weight is 427 g/mol. The van der Waals surface area contributed by atoms with Gasteiger partial charge in [-0.05, 0) is 35.9 Å². The van der Waals surface area contributed by atoms with Crippen LogP contribution in [-0.4, -0.2) is 32.6 Å². The van der Waals surface area contributed by atoms with Crippen LogP contribution >= 0.6 is 0 Å². The van der Waals surface area contributed by atoms with Gasteiger partial charge in [-0.2, -0.15) is 18.3 Å². The van der Waals surface area contributed by atoms with Crippen LogP contribution in [0, 0.1) is 0 Å². The maximum atomic E-state index is 13.7. The van der Waals surface area contributed by atoms with Crippen molar-refractivity contribution in [2.75, 3.05) is 7.11 Å². The summed E-state index contributed by atoms with van der Waals surface area (Å²) in [6.45, 7) is 0.181. The molecule has 0 atom stereocenters. The molecule has 0 fully saturated rings. The molecule has 0 unspecified atom stereocenters. The van der Waals surface area contributed by atoms with Gasteiger partial charge in [0, 0.05) is 24.5 Å². The molecule has 7 nitrogen and oxygen atoms in total. The molecule has 1 aromatic carbocycles. The number of amides is 1. The Morgan fingerprint density at radius 3 is 2.65 bits per heavy atom. The van der Waals surface area contributed by atoms with Crippen LogP contribution in [0.2, 0.25) is 0 Å². The first kappa shape index (κ1) is 20.3. The Balaban J connectivity index is 1.78. The molecule has 0 saturated heterocycles. The third-order valence-corrected chi connectivity index (χ3v) is 4.57. The van der Waals surface area contributed by atoms with Gasteiger partial charge in [0.2, 0.25) is 0 Å². The predicted octanol–water partition coefficient (Wildman–Crippen LogP) is 3.75. The largest absolute Gasteiger partial charge is 0.497 e. The van der Waals surface area contributed by atoms with Crippen LogP contribution in [0.15, 0.2) is 61.1 Å². The zero-order valence-corrected chi connectivity index (χ0v) is 16.2. The molecular formula is C21H16F3N5O2. The molecule has 0 aliphatic carbocycles. The number of rotatable bonds is 5. The number of fused-ring (bicyclic) bond motifs is 1. The summed E-state index contributed by atoms with van der Waals surface area (Å²) in [4.78, 5) is 20.9. The number of pyridine rings is 1. The number of carbonyl (C=O) groups is 1. The zero-order chi connectivity index (χ0) is 22.0. The van der Waals surface area contributed by atoms with E-state index in [2.05, 4.69) is 20.4 Å². The summed E-state index contributed by atoms with van der Waals surface area (Å²) in [5.41, 5.74) is -0.0485. The van der Waals surface area contributed by atoms with Crippen LogP contribution in [-0.2, 0) is 12.7 Å². The van der Waals surface area contributed by atoms with E-state index >= 15 is 0 Å². The molecule has 0 aliphatic heterocycles. The number of carbonyl (C=O) groups excluding carboxylic acids is 1. The normalized spacial score (nSPS) is 11.5. The van der Waals surface area contributed by atoms with Crippen LogP contribution in [0.1, 0.15) is 21.6 Å². The summed E-state index contributed by atoms with van der Waals surface area (Å²) >= 11 is 0. The lowest BCUT2D eigenvalue weighted by Gasteiger charge is -2.12. The second-order valence-corrected chi connectivity index (χ2v) is 6.59. The van der Waals surface area contributed by atoms with Gasteiger partial charge in [-0.15, -0.1) is 0 Å². The summed E-state index contributed by atoms with van der Waals surface area (Å²) in [6, 6.07) is 10.8. The minimum atomic E-state index is -4.70. The lowest BCUT2D eigenvalue weighted by Crippen LogP contribution is -2.23. The Hall–Kier alpha value is -3.95. The quantitative estimate of drug-likeness (QED) is 0.525. The van der Waals surface area contributed by atoms with Crippen LogP contribution in [0.4, 0.5) is 13.2 Å². The van der Waals surface area contributed by atoms with E-state index in [-0.39, 0.29) is 23.4 Å². The summed E-state index contributed by atoms with van der Waals surface area (Å²) in [7, 11) is 1.46. The van der Waals surface area contributed by atoms with Crippen molar-refractivity contribution in [3.05, 3.63) is 77.9 Å². The van der Waals surface area contributed by atoms with Gasteiger partial charge in [0.05, 0.1) is 19.0 Å². The molecule has 4 aromatic rings. The fourth-order valence-corrected chi connectivity index (χ4v) is 3.03. The van der Waals surface area contributed by atoms with Gasteiger partial charge in [-0.25, -0.2) is 9.50 Å². The molecule has 4 rings (SSSR count). The van der Waals surface area contributed by atoms with Crippen LogP contribution in [0.3, 0.4) is 0 Å². The van der Waals surface area contributed by atoms with Gasteiger partial charge in [-0.3, -0.25) is 9.78 Å². The summed E-state index contributed by atoms with van der Waals surface area (Å²) in [5.74, 6) is -0.119. The molecular weight excluding hydrogens is 411 g/mol. The summed E-state index contributed by atoms with van der Waals surface area (Å²) < 4.78 is 46.9. The van der Waals surface area contributed by atoms with E-state index in [0.717, 1.165) is 17.8 Å². The average Bonchev–Trinajstić information content (AvgIpc) is 3.21. The van der Waals surface area contributed by atoms with Crippen molar-refractivity contribution in [2.24, 2.45) is 0 Å². The Labute approximate surface area is 174 Å². The van der Waals surface area contributed by atoms with E-state index in [0.29, 0.717) is 15.8 Å². The lowest BCUT2D eigenvalue weighted by atomic mass is 10.1. The topological polar surface area (TPSA) is 81.4 Å². The number of benzene rings is 1. The standard InChI is InChI=1S/C21H16F3N5O2/c1-31-15-4-2-3-14(9-15)17-10-18(21(22,23)24)29-19(28-17)16(12-27-29)20(30)26-11-13-5-7-25-8-6-13/h2-10,12H,11H2,1H3,(H,26,30). The zero-order valence-electron chi connectivity index (χ0n) is 16.2. The van der Waals surface area contributed by atoms with E-state index in [1.807, 2.05) is 0 Å². The molecule has 31 heavy (non-hydrogen) atoms. The molecule has 0 aliphatic rings. The van der Waals surface area contributed by atoms with Gasteiger partial charge < -0.3 is 10.1 Å². The smallest absolute Gasteiger partial charge is 0.433 e. The van der Waals surface area contributed by atoms with Gasteiger partial charge in [0.1, 0.15) is 11.3 Å². The maximum absolute atomic E-state index is 13.7. The third-order valence-electron chi connectivity index (χ3n) is 4.57. The number of ether oxygens (including phenoxy) is 1. The predicted molar refractivity (Wildman–Crippen MR) is 105 cm³/mol. The van der Waals surface area contributed by atoms with Crippen LogP contribution in [0.25, 0.3) is 16.9 Å². The fraction of sp³-hybridized carbons (Fsp3) is 0.143. The Kier molecular flexibility index (Phi) is 5.28. The van der Waals surface area contributed by atoms with Crippen molar-refractivity contribution in [3.8, 4) is 17.0 Å². The molecule has 0 bridgehead atoms. The number of hydrogen-bond donors (Lipinski definition) is 1. The Morgan fingerprint density at radius 2 is 1.94 bits per heavy atom. The molecule has 10 heteroatoms. The van der Waals surface area contributed by atoms with Crippen LogP contribution in [0.5, 0.6) is 5.75 Å². The number of nitrogens with zero attached hydrogens (tertiary/aromatic N) is 4. The van der Waals surface area contributed by atoms with Gasteiger partial charge in [-0.1, -0.05) is 12.1 Å². The highest BCUT2D eigenvalue weighted by molar-refractivity contribution is 5.99. The molecule has 1 amide bonds. The number of halogens is 3. The SMILES string of the molecule is COc1cccc(-c2cc(C(F)(F)F)n3ncc(C(=O)NCc4ccncc4)c3n2)c1. The first-order valence-corrected chi connectivity index (χ1v) is 9.14. The number of nitrogens with one attached hydrogen (secondary N) is 1. The van der Waals surface area contributed by atoms with Crippen molar-refractivity contribution >= 4 is 11.6 Å². The molecule has 3 aromatic heterocycles. The molecule has 3 heterocycles. The molecule has 1 N–H and O–H groups in total. The minimum absolute atomic E-state index is 0.0439. The van der Waals surface area contributed by atoms with E-state index in [4.69, 9.17) is 4.74 Å². The lowest BCUT2D eigenvalue weighted by molar-refractivity contribution is -0.142. The first-order chi connectivity index (χ1) is 14.9. The van der Waals surface area contributed by atoms with Crippen molar-refractivity contribution in [1.29, 1.82) is 0 Å². The van der Waals surface area contributed by atoms with E-state index in [1.165, 1.54) is 7.11 Å². The number of methoxy groups -OCH3 is 1. The highest BCUT2D eigenvalue weighted by Gasteiger charge is 2.36. The fourth-order valence-electron chi connectivity index (χ4n) is 3.03. The van der Waals surface area contributed by atoms with Crippen molar-refractivity contribution in [3.63, 3.8) is 0 Å². The van der Waals surface area contributed by atoms with E-state index < -0.39 is 17.8 Å². The molecule has 158 valence electrons. The first-order valence-electron chi connectivity index (χ1n) is 9.14. The van der Waals surface area contributed by atoms with Gasteiger partial charge in [0.25, 0.3) is 5.91 Å². The third kappa shape index (κ3) is 4.18. The monoisotopic (exact) mass is 427 g/mol. The van der Waals surface area contributed by atoms with Gasteiger partial charge in [0.15, 0.2) is 11.3 Å². The highest BCUT2D eigenvalue weighted by Crippen LogP contribution is 2.33. The number of hydrogen-bond acceptors (Lipinski definition) is 5. The van der Waals surface area contributed by atoms with Crippen molar-refractivity contribution < 1.29 is 22.7 Å². The van der Waals surface area contributed by atoms with E-state index in [1.54, 1.807) is 48.8 Å². The second-order valence-electron chi connectivity index (χ2n) is 6.59. The molecule has 0 radical (unpaired) electrons. The second kappa shape index (κ2) is 8.05. The van der Waals surface area contributed by atoms with Crippen LogP contribution < -0.4 is 10.1 Å². The summed E-state index contributed by atoms with van der Waals surface area (Å²) in [6.07, 6.45) is -0.469.